The summed E-state index contributed by atoms with van der Waals surface area (Å²) in [6.45, 7) is 1.98. The van der Waals surface area contributed by atoms with E-state index in [1.54, 1.807) is 22.1 Å². The Balaban J connectivity index is 1.89. The molecule has 0 saturated carbocycles. The molecule has 0 unspecified atom stereocenters. The molecule has 0 saturated heterocycles. The first-order valence-electron chi connectivity index (χ1n) is 9.38. The van der Waals surface area contributed by atoms with Crippen molar-refractivity contribution in [2.24, 2.45) is 0 Å². The van der Waals surface area contributed by atoms with E-state index in [0.29, 0.717) is 22.2 Å². The lowest BCUT2D eigenvalue weighted by Gasteiger charge is -2.17. The van der Waals surface area contributed by atoms with Gasteiger partial charge >= 0.3 is 0 Å². The standard InChI is InChI=1S/C22H18N4O2S2/c1-14(15-8-3-2-4-9-15)26-21(23)20(30(27,28)18-12-7-13-29-18)19-22(26)25-17-11-6-5-10-16(17)24-19/h2-14H,23H2,1H3/t14-/m0/s1. The summed E-state index contributed by atoms with van der Waals surface area (Å²) in [5, 5.41) is 1.73. The third-order valence-electron chi connectivity index (χ3n) is 5.19. The van der Waals surface area contributed by atoms with Crippen molar-refractivity contribution in [2.45, 2.75) is 22.1 Å². The van der Waals surface area contributed by atoms with Crippen LogP contribution in [0.5, 0.6) is 0 Å². The summed E-state index contributed by atoms with van der Waals surface area (Å²) in [6, 6.07) is 20.3. The molecular formula is C22H18N4O2S2. The van der Waals surface area contributed by atoms with Gasteiger partial charge in [0.2, 0.25) is 9.84 Å². The number of nitrogen functional groups attached to an aromatic ring is 1. The molecule has 0 radical (unpaired) electrons. The van der Waals surface area contributed by atoms with Gasteiger partial charge in [0.1, 0.15) is 20.4 Å². The maximum atomic E-state index is 13.5. The Morgan fingerprint density at radius 2 is 1.60 bits per heavy atom. The predicted octanol–water partition coefficient (Wildman–Crippen LogP) is 4.67. The third kappa shape index (κ3) is 2.79. The number of fused-ring (bicyclic) bond motifs is 2. The molecule has 8 heteroatoms. The zero-order valence-electron chi connectivity index (χ0n) is 16.1. The number of sulfone groups is 1. The number of aromatic nitrogens is 3. The number of nitrogens with two attached hydrogens (primary N) is 1. The molecule has 3 heterocycles. The summed E-state index contributed by atoms with van der Waals surface area (Å²) in [5.74, 6) is 0.144. The minimum Gasteiger partial charge on any atom is -0.384 e. The molecule has 1 atom stereocenters. The van der Waals surface area contributed by atoms with Gasteiger partial charge in [0.25, 0.3) is 0 Å². The van der Waals surface area contributed by atoms with Crippen molar-refractivity contribution < 1.29 is 8.42 Å². The van der Waals surface area contributed by atoms with Crippen LogP contribution in [0.25, 0.3) is 22.2 Å². The Kier molecular flexibility index (Phi) is 4.34. The number of hydrogen-bond acceptors (Lipinski definition) is 6. The molecule has 5 rings (SSSR count). The van der Waals surface area contributed by atoms with Gasteiger partial charge in [-0.05, 0) is 36.1 Å². The maximum Gasteiger partial charge on any atom is 0.221 e. The monoisotopic (exact) mass is 434 g/mol. The van der Waals surface area contributed by atoms with Gasteiger partial charge in [-0.25, -0.2) is 18.4 Å². The highest BCUT2D eigenvalue weighted by molar-refractivity contribution is 7.93. The summed E-state index contributed by atoms with van der Waals surface area (Å²) in [5.41, 5.74) is 9.57. The number of nitrogens with zero attached hydrogens (tertiary/aromatic N) is 3. The number of rotatable bonds is 4. The van der Waals surface area contributed by atoms with Crippen molar-refractivity contribution in [3.8, 4) is 0 Å². The fraction of sp³-hybridized carbons (Fsp3) is 0.0909. The average Bonchev–Trinajstić information content (AvgIpc) is 3.39. The smallest absolute Gasteiger partial charge is 0.221 e. The van der Waals surface area contributed by atoms with Gasteiger partial charge in [0, 0.05) is 0 Å². The molecule has 6 nitrogen and oxygen atoms in total. The molecule has 30 heavy (non-hydrogen) atoms. The molecule has 150 valence electrons. The van der Waals surface area contributed by atoms with E-state index in [0.717, 1.165) is 16.9 Å². The molecule has 0 aliphatic rings. The number of para-hydroxylation sites is 2. The van der Waals surface area contributed by atoms with E-state index in [2.05, 4.69) is 4.98 Å². The van der Waals surface area contributed by atoms with E-state index < -0.39 is 9.84 Å². The van der Waals surface area contributed by atoms with Crippen LogP contribution in [0.4, 0.5) is 5.82 Å². The number of thiophene rings is 1. The van der Waals surface area contributed by atoms with Crippen molar-refractivity contribution in [3.05, 3.63) is 77.7 Å². The van der Waals surface area contributed by atoms with Crippen molar-refractivity contribution in [1.29, 1.82) is 0 Å². The number of hydrogen-bond donors (Lipinski definition) is 1. The molecule has 3 aromatic heterocycles. The second-order valence-corrected chi connectivity index (χ2v) is 10.1. The molecule has 0 spiro atoms. The SMILES string of the molecule is C[C@@H](c1ccccc1)n1c(N)c(S(=O)(=O)c2cccs2)c2nc3ccccc3nc21. The van der Waals surface area contributed by atoms with Crippen molar-refractivity contribution in [1.82, 2.24) is 14.5 Å². The molecule has 0 amide bonds. The Bertz CT molecular complexity index is 1470. The molecule has 0 aliphatic carbocycles. The van der Waals surface area contributed by atoms with Gasteiger partial charge < -0.3 is 10.3 Å². The highest BCUT2D eigenvalue weighted by Crippen LogP contribution is 2.39. The van der Waals surface area contributed by atoms with Gasteiger partial charge in [-0.1, -0.05) is 48.5 Å². The van der Waals surface area contributed by atoms with Crippen LogP contribution in [-0.4, -0.2) is 23.0 Å². The van der Waals surface area contributed by atoms with E-state index in [-0.39, 0.29) is 21.0 Å². The minimum atomic E-state index is -3.85. The lowest BCUT2D eigenvalue weighted by atomic mass is 10.1. The first kappa shape index (κ1) is 18.8. The van der Waals surface area contributed by atoms with E-state index in [9.17, 15) is 8.42 Å². The van der Waals surface area contributed by atoms with Crippen molar-refractivity contribution in [2.75, 3.05) is 5.73 Å². The number of benzene rings is 2. The molecular weight excluding hydrogens is 416 g/mol. The average molecular weight is 435 g/mol. The molecule has 2 aromatic carbocycles. The van der Waals surface area contributed by atoms with Crippen LogP contribution in [-0.2, 0) is 9.84 Å². The van der Waals surface area contributed by atoms with Gasteiger partial charge in [-0.15, -0.1) is 11.3 Å². The second kappa shape index (κ2) is 6.93. The maximum absolute atomic E-state index is 13.5. The largest absolute Gasteiger partial charge is 0.384 e. The van der Waals surface area contributed by atoms with Crippen LogP contribution >= 0.6 is 11.3 Å². The third-order valence-corrected chi connectivity index (χ3v) is 8.40. The fourth-order valence-electron chi connectivity index (χ4n) is 3.71. The summed E-state index contributed by atoms with van der Waals surface area (Å²) >= 11 is 1.16. The van der Waals surface area contributed by atoms with Crippen LogP contribution in [0.15, 0.2) is 81.2 Å². The van der Waals surface area contributed by atoms with Crippen LogP contribution < -0.4 is 5.73 Å². The van der Waals surface area contributed by atoms with Gasteiger partial charge in [0.15, 0.2) is 5.65 Å². The van der Waals surface area contributed by atoms with Gasteiger partial charge in [-0.3, -0.25) is 0 Å². The molecule has 5 aromatic rings. The molecule has 0 aliphatic heterocycles. The summed E-state index contributed by atoms with van der Waals surface area (Å²) in [4.78, 5) is 9.45. The lowest BCUT2D eigenvalue weighted by Crippen LogP contribution is -2.12. The molecule has 2 N–H and O–H groups in total. The lowest BCUT2D eigenvalue weighted by molar-refractivity contribution is 0.598. The predicted molar refractivity (Wildman–Crippen MR) is 119 cm³/mol. The number of anilines is 1. The molecule has 0 bridgehead atoms. The second-order valence-electron chi connectivity index (χ2n) is 6.99. The summed E-state index contributed by atoms with van der Waals surface area (Å²) in [6.07, 6.45) is 0. The van der Waals surface area contributed by atoms with Crippen LogP contribution in [0.2, 0.25) is 0 Å². The highest BCUT2D eigenvalue weighted by Gasteiger charge is 2.32. The van der Waals surface area contributed by atoms with Crippen LogP contribution in [0, 0.1) is 0 Å². The first-order valence-corrected chi connectivity index (χ1v) is 11.7. The Morgan fingerprint density at radius 3 is 2.27 bits per heavy atom. The van der Waals surface area contributed by atoms with E-state index in [4.69, 9.17) is 10.7 Å². The summed E-state index contributed by atoms with van der Waals surface area (Å²) < 4.78 is 29.0. The van der Waals surface area contributed by atoms with E-state index in [1.165, 1.54) is 0 Å². The van der Waals surface area contributed by atoms with Gasteiger partial charge in [0.05, 0.1) is 17.1 Å². The zero-order chi connectivity index (χ0) is 20.9. The van der Waals surface area contributed by atoms with E-state index >= 15 is 0 Å². The normalized spacial score (nSPS) is 13.1. The minimum absolute atomic E-state index is 0.0148. The van der Waals surface area contributed by atoms with Gasteiger partial charge in [-0.2, -0.15) is 0 Å². The van der Waals surface area contributed by atoms with Crippen molar-refractivity contribution in [3.63, 3.8) is 0 Å². The van der Waals surface area contributed by atoms with Crippen LogP contribution in [0.3, 0.4) is 0 Å². The first-order chi connectivity index (χ1) is 14.5. The quantitative estimate of drug-likeness (QED) is 0.444. The summed E-state index contributed by atoms with van der Waals surface area (Å²) in [7, 11) is -3.85. The van der Waals surface area contributed by atoms with Crippen molar-refractivity contribution >= 4 is 49.2 Å². The Labute approximate surface area is 177 Å². The zero-order valence-corrected chi connectivity index (χ0v) is 17.7. The topological polar surface area (TPSA) is 90.9 Å². The molecule has 0 fully saturated rings. The highest BCUT2D eigenvalue weighted by atomic mass is 32.2. The Morgan fingerprint density at radius 1 is 0.933 bits per heavy atom. The van der Waals surface area contributed by atoms with Crippen LogP contribution in [0.1, 0.15) is 18.5 Å². The fourth-order valence-corrected chi connectivity index (χ4v) is 6.31. The Hall–Kier alpha value is -3.23. The van der Waals surface area contributed by atoms with E-state index in [1.807, 2.05) is 61.5 Å².